The Hall–Kier alpha value is -0.640. The molecule has 0 aromatic heterocycles. The van der Waals surface area contributed by atoms with Crippen LogP contribution in [0, 0.1) is 11.3 Å². The van der Waals surface area contributed by atoms with Crippen LogP contribution in [-0.2, 0) is 4.79 Å². The van der Waals surface area contributed by atoms with Crippen molar-refractivity contribution >= 4 is 23.1 Å². The average Bonchev–Trinajstić information content (AvgIpc) is 2.59. The minimum absolute atomic E-state index is 0.0950. The van der Waals surface area contributed by atoms with Gasteiger partial charge in [-0.1, -0.05) is 39.4 Å². The number of amides is 1. The zero-order valence-electron chi connectivity index (χ0n) is 11.2. The number of carbonyl (C=O) groups is 1. The van der Waals surface area contributed by atoms with Crippen LogP contribution < -0.4 is 5.73 Å². The van der Waals surface area contributed by atoms with Gasteiger partial charge in [0.15, 0.2) is 0 Å². The van der Waals surface area contributed by atoms with E-state index in [-0.39, 0.29) is 5.41 Å². The molecule has 17 heavy (non-hydrogen) atoms. The van der Waals surface area contributed by atoms with Crippen molar-refractivity contribution < 1.29 is 4.79 Å². The first-order chi connectivity index (χ1) is 7.86. The molecule has 0 aliphatic carbocycles. The minimum Gasteiger partial charge on any atom is -0.393 e. The van der Waals surface area contributed by atoms with Gasteiger partial charge in [0, 0.05) is 24.9 Å². The maximum absolute atomic E-state index is 11.7. The SMILES string of the molecule is CCC1CC(=O)N(CCCC(C)(C)C(N)=S)C1. The largest absolute Gasteiger partial charge is 0.393 e. The lowest BCUT2D eigenvalue weighted by Crippen LogP contribution is -2.32. The molecule has 1 atom stereocenters. The molecule has 0 bridgehead atoms. The van der Waals surface area contributed by atoms with E-state index in [1.165, 1.54) is 0 Å². The zero-order chi connectivity index (χ0) is 13.1. The first-order valence-electron chi connectivity index (χ1n) is 6.44. The summed E-state index contributed by atoms with van der Waals surface area (Å²) in [7, 11) is 0. The van der Waals surface area contributed by atoms with Gasteiger partial charge in [-0.25, -0.2) is 0 Å². The number of nitrogens with two attached hydrogens (primary N) is 1. The molecule has 98 valence electrons. The van der Waals surface area contributed by atoms with E-state index in [2.05, 4.69) is 20.8 Å². The van der Waals surface area contributed by atoms with Crippen molar-refractivity contribution in [1.82, 2.24) is 4.90 Å². The molecular weight excluding hydrogens is 232 g/mol. The summed E-state index contributed by atoms with van der Waals surface area (Å²) in [6, 6.07) is 0. The van der Waals surface area contributed by atoms with Crippen LogP contribution in [0.2, 0.25) is 0 Å². The van der Waals surface area contributed by atoms with Crippen LogP contribution in [-0.4, -0.2) is 28.9 Å². The number of rotatable bonds is 6. The molecule has 0 saturated carbocycles. The smallest absolute Gasteiger partial charge is 0.222 e. The van der Waals surface area contributed by atoms with Gasteiger partial charge in [-0.15, -0.1) is 0 Å². The van der Waals surface area contributed by atoms with Crippen LogP contribution in [0.15, 0.2) is 0 Å². The Morgan fingerprint density at radius 3 is 2.71 bits per heavy atom. The molecule has 0 radical (unpaired) electrons. The highest BCUT2D eigenvalue weighted by atomic mass is 32.1. The van der Waals surface area contributed by atoms with Crippen molar-refractivity contribution in [2.75, 3.05) is 13.1 Å². The molecular formula is C13H24N2OS. The van der Waals surface area contributed by atoms with Crippen molar-refractivity contribution in [3.8, 4) is 0 Å². The summed E-state index contributed by atoms with van der Waals surface area (Å²) in [4.78, 5) is 14.3. The molecule has 0 aromatic carbocycles. The second-order valence-electron chi connectivity index (χ2n) is 5.67. The van der Waals surface area contributed by atoms with Gasteiger partial charge in [0.1, 0.15) is 0 Å². The predicted octanol–water partition coefficient (Wildman–Crippen LogP) is 2.34. The van der Waals surface area contributed by atoms with Gasteiger partial charge in [-0.05, 0) is 18.8 Å². The van der Waals surface area contributed by atoms with E-state index in [9.17, 15) is 4.79 Å². The number of nitrogens with zero attached hydrogens (tertiary/aromatic N) is 1. The first kappa shape index (κ1) is 14.4. The highest BCUT2D eigenvalue weighted by Gasteiger charge is 2.28. The van der Waals surface area contributed by atoms with E-state index >= 15 is 0 Å². The fraction of sp³-hybridized carbons (Fsp3) is 0.846. The molecule has 1 aliphatic heterocycles. The van der Waals surface area contributed by atoms with Gasteiger partial charge < -0.3 is 10.6 Å². The number of carbonyl (C=O) groups excluding carboxylic acids is 1. The van der Waals surface area contributed by atoms with Gasteiger partial charge in [-0.2, -0.15) is 0 Å². The standard InChI is InChI=1S/C13H24N2OS/c1-4-10-8-11(16)15(9-10)7-5-6-13(2,3)12(14)17/h10H,4-9H2,1-3H3,(H2,14,17). The average molecular weight is 256 g/mol. The topological polar surface area (TPSA) is 46.3 Å². The normalized spacial score (nSPS) is 21.0. The van der Waals surface area contributed by atoms with Gasteiger partial charge in [0.25, 0.3) is 0 Å². The Labute approximate surface area is 110 Å². The summed E-state index contributed by atoms with van der Waals surface area (Å²) >= 11 is 5.04. The lowest BCUT2D eigenvalue weighted by atomic mass is 9.88. The van der Waals surface area contributed by atoms with Gasteiger partial charge >= 0.3 is 0 Å². The van der Waals surface area contributed by atoms with Crippen LogP contribution in [0.1, 0.15) is 46.5 Å². The predicted molar refractivity (Wildman–Crippen MR) is 74.8 cm³/mol. The van der Waals surface area contributed by atoms with E-state index in [1.807, 2.05) is 4.90 Å². The maximum Gasteiger partial charge on any atom is 0.222 e. The van der Waals surface area contributed by atoms with Crippen molar-refractivity contribution in [3.63, 3.8) is 0 Å². The maximum atomic E-state index is 11.7. The fourth-order valence-electron chi connectivity index (χ4n) is 2.18. The van der Waals surface area contributed by atoms with Crippen molar-refractivity contribution in [2.24, 2.45) is 17.1 Å². The van der Waals surface area contributed by atoms with Gasteiger partial charge in [0.05, 0.1) is 4.99 Å². The molecule has 3 nitrogen and oxygen atoms in total. The van der Waals surface area contributed by atoms with Crippen LogP contribution >= 0.6 is 12.2 Å². The zero-order valence-corrected chi connectivity index (χ0v) is 12.0. The highest BCUT2D eigenvalue weighted by molar-refractivity contribution is 7.80. The molecule has 1 unspecified atom stereocenters. The second-order valence-corrected chi connectivity index (χ2v) is 6.11. The summed E-state index contributed by atoms with van der Waals surface area (Å²) < 4.78 is 0. The Morgan fingerprint density at radius 1 is 1.59 bits per heavy atom. The summed E-state index contributed by atoms with van der Waals surface area (Å²) in [5.41, 5.74) is 5.59. The molecule has 1 aliphatic rings. The number of hydrogen-bond acceptors (Lipinski definition) is 2. The van der Waals surface area contributed by atoms with Gasteiger partial charge in [0.2, 0.25) is 5.91 Å². The van der Waals surface area contributed by atoms with E-state index < -0.39 is 0 Å². The van der Waals surface area contributed by atoms with E-state index in [4.69, 9.17) is 18.0 Å². The summed E-state index contributed by atoms with van der Waals surface area (Å²) in [6.07, 6.45) is 3.76. The highest BCUT2D eigenvalue weighted by Crippen LogP contribution is 2.25. The molecule has 2 N–H and O–H groups in total. The molecule has 1 amide bonds. The quantitative estimate of drug-likeness (QED) is 0.742. The third kappa shape index (κ3) is 3.95. The summed E-state index contributed by atoms with van der Waals surface area (Å²) in [6.45, 7) is 8.06. The molecule has 0 aromatic rings. The second kappa shape index (κ2) is 5.80. The minimum atomic E-state index is -0.0950. The number of hydrogen-bond donors (Lipinski definition) is 1. The Morgan fingerprint density at radius 2 is 2.24 bits per heavy atom. The lowest BCUT2D eigenvalue weighted by molar-refractivity contribution is -0.127. The lowest BCUT2D eigenvalue weighted by Gasteiger charge is -2.24. The Bertz CT molecular complexity index is 302. The molecule has 1 fully saturated rings. The molecule has 1 heterocycles. The molecule has 1 saturated heterocycles. The van der Waals surface area contributed by atoms with Crippen LogP contribution in [0.3, 0.4) is 0 Å². The van der Waals surface area contributed by atoms with Crippen molar-refractivity contribution in [1.29, 1.82) is 0 Å². The van der Waals surface area contributed by atoms with Crippen LogP contribution in [0.4, 0.5) is 0 Å². The van der Waals surface area contributed by atoms with E-state index in [0.717, 1.165) is 38.8 Å². The molecule has 0 spiro atoms. The number of thiocarbonyl (C=S) groups is 1. The monoisotopic (exact) mass is 256 g/mol. The first-order valence-corrected chi connectivity index (χ1v) is 6.85. The third-order valence-electron chi connectivity index (χ3n) is 3.77. The van der Waals surface area contributed by atoms with Crippen molar-refractivity contribution in [2.45, 2.75) is 46.5 Å². The van der Waals surface area contributed by atoms with Crippen LogP contribution in [0.5, 0.6) is 0 Å². The van der Waals surface area contributed by atoms with E-state index in [1.54, 1.807) is 0 Å². The summed E-state index contributed by atoms with van der Waals surface area (Å²) in [5, 5.41) is 0. The molecule has 1 rings (SSSR count). The summed E-state index contributed by atoms with van der Waals surface area (Å²) in [5.74, 6) is 0.871. The van der Waals surface area contributed by atoms with E-state index in [0.29, 0.717) is 16.8 Å². The Balaban J connectivity index is 2.33. The van der Waals surface area contributed by atoms with Gasteiger partial charge in [-0.3, -0.25) is 4.79 Å². The third-order valence-corrected chi connectivity index (χ3v) is 4.32. The molecule has 4 heteroatoms. The number of likely N-dealkylation sites (tertiary alicyclic amines) is 1. The van der Waals surface area contributed by atoms with Crippen LogP contribution in [0.25, 0.3) is 0 Å². The van der Waals surface area contributed by atoms with Crippen molar-refractivity contribution in [3.05, 3.63) is 0 Å². The fourth-order valence-corrected chi connectivity index (χ4v) is 2.28. The Kier molecular flexibility index (Phi) is 4.92.